The molecule has 96 valence electrons. The van der Waals surface area contributed by atoms with Crippen molar-refractivity contribution in [2.45, 2.75) is 63.6 Å². The van der Waals surface area contributed by atoms with E-state index in [1.54, 1.807) is 0 Å². The predicted octanol–water partition coefficient (Wildman–Crippen LogP) is 3.12. The standard InChI is InChI=1S/C11H28O2Si3/c1-11(16(4,5)13-14(2)3)10-15-9-7-6-8-12-15/h11,14-15H,6-10H2,1-5H3. The zero-order valence-electron chi connectivity index (χ0n) is 11.6. The SMILES string of the molecule is CC(C[SiH]1CCCCO1)[Si](C)(C)O[SiH](C)C. The van der Waals surface area contributed by atoms with E-state index in [0.717, 1.165) is 12.1 Å². The zero-order valence-corrected chi connectivity index (χ0v) is 14.9. The van der Waals surface area contributed by atoms with Gasteiger partial charge in [-0.2, -0.15) is 0 Å². The molecule has 5 heteroatoms. The van der Waals surface area contributed by atoms with Crippen LogP contribution in [-0.2, 0) is 8.54 Å². The molecule has 0 aliphatic carbocycles. The molecule has 1 aliphatic heterocycles. The predicted molar refractivity (Wildman–Crippen MR) is 78.8 cm³/mol. The molecular formula is C11H28O2Si3. The number of hydrogen-bond donors (Lipinski definition) is 0. The van der Waals surface area contributed by atoms with Crippen LogP contribution < -0.4 is 0 Å². The Kier molecular flexibility index (Phi) is 5.93. The summed E-state index contributed by atoms with van der Waals surface area (Å²) in [6.45, 7) is 12.8. The first-order chi connectivity index (χ1) is 7.42. The van der Waals surface area contributed by atoms with Crippen LogP contribution in [-0.4, -0.2) is 33.0 Å². The van der Waals surface area contributed by atoms with Gasteiger partial charge in [0.15, 0.2) is 26.4 Å². The molecule has 1 aliphatic rings. The summed E-state index contributed by atoms with van der Waals surface area (Å²) in [5.74, 6) is 0. The molecule has 1 rings (SSSR count). The van der Waals surface area contributed by atoms with E-state index in [2.05, 4.69) is 33.1 Å². The molecule has 2 unspecified atom stereocenters. The smallest absolute Gasteiger partial charge is 0.177 e. The minimum absolute atomic E-state index is 0.775. The molecule has 0 aromatic carbocycles. The largest absolute Gasteiger partial charge is 0.458 e. The van der Waals surface area contributed by atoms with Crippen LogP contribution in [0.4, 0.5) is 0 Å². The third kappa shape index (κ3) is 4.83. The Labute approximate surface area is 105 Å². The second-order valence-corrected chi connectivity index (χ2v) is 15.8. The maximum Gasteiger partial charge on any atom is 0.177 e. The third-order valence-corrected chi connectivity index (χ3v) is 14.0. The topological polar surface area (TPSA) is 18.5 Å². The molecule has 2 atom stereocenters. The highest BCUT2D eigenvalue weighted by atomic mass is 28.4. The maximum absolute atomic E-state index is 6.29. The summed E-state index contributed by atoms with van der Waals surface area (Å²) in [6.07, 6.45) is 2.69. The van der Waals surface area contributed by atoms with Crippen molar-refractivity contribution in [3.05, 3.63) is 0 Å². The lowest BCUT2D eigenvalue weighted by Gasteiger charge is -2.34. The molecule has 0 bridgehead atoms. The molecule has 0 N–H and O–H groups in total. The molecular weight excluding hydrogens is 248 g/mol. The highest BCUT2D eigenvalue weighted by Crippen LogP contribution is 2.31. The van der Waals surface area contributed by atoms with Gasteiger partial charge in [-0.3, -0.25) is 0 Å². The Morgan fingerprint density at radius 2 is 2.06 bits per heavy atom. The van der Waals surface area contributed by atoms with Gasteiger partial charge in [0.25, 0.3) is 0 Å². The summed E-state index contributed by atoms with van der Waals surface area (Å²) in [7, 11) is -3.17. The summed E-state index contributed by atoms with van der Waals surface area (Å²) in [5.41, 5.74) is 0.775. The fraction of sp³-hybridized carbons (Fsp3) is 1.00. The number of rotatable bonds is 5. The van der Waals surface area contributed by atoms with Crippen LogP contribution in [0.25, 0.3) is 0 Å². The summed E-state index contributed by atoms with van der Waals surface area (Å²) >= 11 is 0. The minimum atomic E-state index is -1.44. The van der Waals surface area contributed by atoms with E-state index in [1.165, 1.54) is 24.9 Å². The van der Waals surface area contributed by atoms with E-state index in [-0.39, 0.29) is 0 Å². The van der Waals surface area contributed by atoms with Gasteiger partial charge in [-0.1, -0.05) is 13.3 Å². The summed E-state index contributed by atoms with van der Waals surface area (Å²) in [4.78, 5) is 0. The minimum Gasteiger partial charge on any atom is -0.458 e. The molecule has 0 radical (unpaired) electrons. The lowest BCUT2D eigenvalue weighted by Crippen LogP contribution is -2.41. The number of hydrogen-bond acceptors (Lipinski definition) is 2. The fourth-order valence-electron chi connectivity index (χ4n) is 2.40. The van der Waals surface area contributed by atoms with Crippen LogP contribution >= 0.6 is 0 Å². The van der Waals surface area contributed by atoms with Crippen molar-refractivity contribution in [3.8, 4) is 0 Å². The molecule has 1 heterocycles. The third-order valence-electron chi connectivity index (χ3n) is 3.62. The van der Waals surface area contributed by atoms with Gasteiger partial charge in [-0.05, 0) is 50.2 Å². The van der Waals surface area contributed by atoms with Crippen molar-refractivity contribution in [2.75, 3.05) is 6.61 Å². The Hall–Kier alpha value is 0.571. The normalized spacial score (nSPS) is 24.8. The van der Waals surface area contributed by atoms with Crippen molar-refractivity contribution in [1.29, 1.82) is 0 Å². The van der Waals surface area contributed by atoms with Crippen molar-refractivity contribution in [1.82, 2.24) is 0 Å². The molecule has 1 fully saturated rings. The molecule has 0 aromatic heterocycles. The lowest BCUT2D eigenvalue weighted by molar-refractivity contribution is 0.285. The first-order valence-electron chi connectivity index (χ1n) is 6.71. The van der Waals surface area contributed by atoms with Gasteiger partial charge in [0.1, 0.15) is 0 Å². The Morgan fingerprint density at radius 1 is 1.38 bits per heavy atom. The van der Waals surface area contributed by atoms with Crippen LogP contribution in [0.1, 0.15) is 19.8 Å². The molecule has 0 amide bonds. The molecule has 2 nitrogen and oxygen atoms in total. The van der Waals surface area contributed by atoms with Crippen molar-refractivity contribution in [2.24, 2.45) is 0 Å². The molecule has 16 heavy (non-hydrogen) atoms. The lowest BCUT2D eigenvalue weighted by atomic mass is 10.4. The summed E-state index contributed by atoms with van der Waals surface area (Å²) in [5, 5.41) is 0. The van der Waals surface area contributed by atoms with E-state index in [4.69, 9.17) is 8.54 Å². The van der Waals surface area contributed by atoms with Crippen LogP contribution in [0.3, 0.4) is 0 Å². The van der Waals surface area contributed by atoms with Crippen molar-refractivity contribution in [3.63, 3.8) is 0 Å². The van der Waals surface area contributed by atoms with Gasteiger partial charge in [-0.15, -0.1) is 0 Å². The summed E-state index contributed by atoms with van der Waals surface area (Å²) in [6, 6.07) is 2.74. The van der Waals surface area contributed by atoms with Gasteiger partial charge in [0.05, 0.1) is 0 Å². The van der Waals surface area contributed by atoms with Gasteiger partial charge in [-0.25, -0.2) is 0 Å². The average molecular weight is 277 g/mol. The summed E-state index contributed by atoms with van der Waals surface area (Å²) < 4.78 is 12.3. The van der Waals surface area contributed by atoms with E-state index in [0.29, 0.717) is 0 Å². The Morgan fingerprint density at radius 3 is 2.56 bits per heavy atom. The Balaban J connectivity index is 2.39. The molecule has 1 saturated heterocycles. The van der Waals surface area contributed by atoms with Crippen LogP contribution in [0.5, 0.6) is 0 Å². The van der Waals surface area contributed by atoms with Crippen LogP contribution in [0.2, 0.25) is 43.8 Å². The quantitative estimate of drug-likeness (QED) is 0.718. The average Bonchev–Trinajstić information content (AvgIpc) is 2.17. The monoisotopic (exact) mass is 276 g/mol. The second-order valence-electron chi connectivity index (χ2n) is 5.90. The second kappa shape index (κ2) is 6.49. The highest BCUT2D eigenvalue weighted by Gasteiger charge is 2.33. The van der Waals surface area contributed by atoms with Crippen LogP contribution in [0, 0.1) is 0 Å². The first kappa shape index (κ1) is 14.6. The fourth-order valence-corrected chi connectivity index (χ4v) is 13.8. The molecule has 0 saturated carbocycles. The highest BCUT2D eigenvalue weighted by molar-refractivity contribution is 6.79. The van der Waals surface area contributed by atoms with Crippen LogP contribution in [0.15, 0.2) is 0 Å². The van der Waals surface area contributed by atoms with Crippen molar-refractivity contribution >= 4 is 26.4 Å². The zero-order chi connectivity index (χ0) is 12.2. The van der Waals surface area contributed by atoms with Gasteiger partial charge < -0.3 is 8.54 Å². The molecule has 0 spiro atoms. The van der Waals surface area contributed by atoms with Gasteiger partial charge in [0.2, 0.25) is 0 Å². The van der Waals surface area contributed by atoms with E-state index >= 15 is 0 Å². The van der Waals surface area contributed by atoms with Crippen molar-refractivity contribution < 1.29 is 8.54 Å². The van der Waals surface area contributed by atoms with Gasteiger partial charge >= 0.3 is 0 Å². The van der Waals surface area contributed by atoms with Gasteiger partial charge in [0, 0.05) is 6.61 Å². The van der Waals surface area contributed by atoms with E-state index in [9.17, 15) is 0 Å². The maximum atomic E-state index is 6.29. The molecule has 0 aromatic rings. The Bertz CT molecular complexity index is 203. The van der Waals surface area contributed by atoms with E-state index in [1.807, 2.05) is 0 Å². The van der Waals surface area contributed by atoms with E-state index < -0.39 is 26.4 Å². The first-order valence-corrected chi connectivity index (χ1v) is 14.6.